The lowest BCUT2D eigenvalue weighted by atomic mass is 9.79. The van der Waals surface area contributed by atoms with Crippen molar-refractivity contribution in [2.45, 2.75) is 30.8 Å². The zero-order valence-corrected chi connectivity index (χ0v) is 28.0. The minimum Gasteiger partial charge on any atom is -0.370 e. The third-order valence-electron chi connectivity index (χ3n) is 10.3. The maximum atomic E-state index is 4.88. The van der Waals surface area contributed by atoms with Crippen molar-refractivity contribution in [3.8, 4) is 0 Å². The zero-order valence-electron chi connectivity index (χ0n) is 28.0. The van der Waals surface area contributed by atoms with Crippen LogP contribution >= 0.6 is 0 Å². The predicted octanol–water partition coefficient (Wildman–Crippen LogP) is 4.01. The second kappa shape index (κ2) is 11.6. The number of hydrogen-bond acceptors (Lipinski definition) is 10. The number of nitrogens with zero attached hydrogens (tertiary/aromatic N) is 4. The van der Waals surface area contributed by atoms with E-state index < -0.39 is 11.1 Å². The third kappa shape index (κ3) is 5.17. The molecule has 2 atom stereocenters. The summed E-state index contributed by atoms with van der Waals surface area (Å²) in [5.74, 6) is 3.84. The molecule has 9 rings (SSSR count). The Hall–Kier alpha value is -5.38. The van der Waals surface area contributed by atoms with E-state index in [1.165, 1.54) is 16.7 Å². The largest absolute Gasteiger partial charge is 0.370 e. The van der Waals surface area contributed by atoms with Gasteiger partial charge in [-0.3, -0.25) is 20.0 Å². The summed E-state index contributed by atoms with van der Waals surface area (Å²) in [6.07, 6.45) is 4.59. The van der Waals surface area contributed by atoms with Gasteiger partial charge in [0.1, 0.15) is 34.4 Å². The van der Waals surface area contributed by atoms with Crippen LogP contribution in [0.3, 0.4) is 0 Å². The van der Waals surface area contributed by atoms with Gasteiger partial charge in [-0.2, -0.15) is 0 Å². The van der Waals surface area contributed by atoms with Gasteiger partial charge in [0.2, 0.25) is 0 Å². The van der Waals surface area contributed by atoms with Gasteiger partial charge in [0.05, 0.1) is 26.2 Å². The van der Waals surface area contributed by atoms with Crippen LogP contribution in [-0.2, 0) is 0 Å². The maximum Gasteiger partial charge on any atom is 0.128 e. The Balaban J connectivity index is 1.17. The first-order valence-electron chi connectivity index (χ1n) is 17.5. The Morgan fingerprint density at radius 1 is 0.531 bits per heavy atom. The Kier molecular flexibility index (Phi) is 7.07. The molecular weight excluding hydrogens is 608 g/mol. The molecule has 0 spiro atoms. The summed E-state index contributed by atoms with van der Waals surface area (Å²) < 4.78 is 0. The van der Waals surface area contributed by atoms with Gasteiger partial charge >= 0.3 is 0 Å². The summed E-state index contributed by atoms with van der Waals surface area (Å²) >= 11 is 0. The van der Waals surface area contributed by atoms with Gasteiger partial charge in [0.15, 0.2) is 0 Å². The van der Waals surface area contributed by atoms with Crippen molar-refractivity contribution in [3.63, 3.8) is 0 Å². The van der Waals surface area contributed by atoms with E-state index in [1.54, 1.807) is 0 Å². The fourth-order valence-corrected chi connectivity index (χ4v) is 8.03. The minimum atomic E-state index is -0.453. The van der Waals surface area contributed by atoms with E-state index in [9.17, 15) is 0 Å². The summed E-state index contributed by atoms with van der Waals surface area (Å²) in [7, 11) is 0. The summed E-state index contributed by atoms with van der Waals surface area (Å²) in [4.78, 5) is 19.4. The average Bonchev–Trinajstić information content (AvgIpc) is 3.97. The van der Waals surface area contributed by atoms with Crippen molar-refractivity contribution in [2.75, 3.05) is 63.0 Å². The second-order valence-electron chi connectivity index (χ2n) is 13.9. The molecule has 6 heterocycles. The first-order valence-corrected chi connectivity index (χ1v) is 17.5. The van der Waals surface area contributed by atoms with Crippen LogP contribution in [0.1, 0.15) is 47.6 Å². The van der Waals surface area contributed by atoms with Crippen molar-refractivity contribution in [1.82, 2.24) is 21.3 Å². The van der Waals surface area contributed by atoms with Gasteiger partial charge in [-0.15, -0.1) is 0 Å². The van der Waals surface area contributed by atoms with Gasteiger partial charge in [-0.05, 0) is 67.0 Å². The average molecular weight is 651 g/mol. The molecule has 6 aliphatic heterocycles. The van der Waals surface area contributed by atoms with Crippen molar-refractivity contribution >= 4 is 45.9 Å². The predicted molar refractivity (Wildman–Crippen MR) is 201 cm³/mol. The van der Waals surface area contributed by atoms with Gasteiger partial charge in [-0.1, -0.05) is 42.5 Å². The van der Waals surface area contributed by atoms with Crippen LogP contribution in [0.25, 0.3) is 11.1 Å². The van der Waals surface area contributed by atoms with Crippen LogP contribution in [0.4, 0.5) is 11.4 Å². The number of hydrogen-bond donors (Lipinski definition) is 6. The lowest BCUT2D eigenvalue weighted by Crippen LogP contribution is -2.49. The minimum absolute atomic E-state index is 0.000352. The second-order valence-corrected chi connectivity index (χ2v) is 13.9. The summed E-state index contributed by atoms with van der Waals surface area (Å²) in [5.41, 5.74) is 9.46. The van der Waals surface area contributed by atoms with Crippen molar-refractivity contribution < 1.29 is 0 Å². The molecule has 10 nitrogen and oxygen atoms in total. The summed E-state index contributed by atoms with van der Waals surface area (Å²) in [6.45, 7) is 10.9. The quantitative estimate of drug-likeness (QED) is 0.215. The summed E-state index contributed by atoms with van der Waals surface area (Å²) in [5, 5.41) is 21.7. The molecule has 6 aliphatic rings. The lowest BCUT2D eigenvalue weighted by molar-refractivity contribution is 0.805. The Bertz CT molecular complexity index is 1900. The molecule has 3 aromatic carbocycles. The SMILES string of the molecule is CC1(C2=NCCN2)C=C(C2=NCCN2)c2cc(C(c3ccccc3)c3ccc4c(c3)C(C3=NCCN3)=CC(C)(C3=NCCN3)N4)ccc2N1. The fourth-order valence-electron chi connectivity index (χ4n) is 8.03. The first-order chi connectivity index (χ1) is 24.0. The monoisotopic (exact) mass is 650 g/mol. The number of benzene rings is 3. The number of rotatable bonds is 7. The Morgan fingerprint density at radius 2 is 1.00 bits per heavy atom. The molecule has 0 saturated carbocycles. The van der Waals surface area contributed by atoms with Crippen molar-refractivity contribution in [1.29, 1.82) is 0 Å². The molecule has 0 bridgehead atoms. The normalized spacial score (nSPS) is 25.7. The lowest BCUT2D eigenvalue weighted by Gasteiger charge is -2.36. The smallest absolute Gasteiger partial charge is 0.128 e. The van der Waals surface area contributed by atoms with Crippen LogP contribution in [0, 0.1) is 0 Å². The van der Waals surface area contributed by atoms with E-state index in [-0.39, 0.29) is 5.92 Å². The first kappa shape index (κ1) is 29.7. The molecule has 0 radical (unpaired) electrons. The molecule has 0 fully saturated rings. The van der Waals surface area contributed by atoms with E-state index in [4.69, 9.17) is 20.0 Å². The van der Waals surface area contributed by atoms with Gasteiger partial charge in [0.25, 0.3) is 0 Å². The maximum absolute atomic E-state index is 4.88. The summed E-state index contributed by atoms with van der Waals surface area (Å²) in [6, 6.07) is 24.6. The van der Waals surface area contributed by atoms with Gasteiger partial charge in [-0.25, -0.2) is 0 Å². The number of anilines is 2. The molecule has 0 aromatic heterocycles. The molecule has 10 heteroatoms. The third-order valence-corrected chi connectivity index (χ3v) is 10.3. The van der Waals surface area contributed by atoms with Crippen LogP contribution in [-0.4, -0.2) is 86.8 Å². The van der Waals surface area contributed by atoms with Crippen molar-refractivity contribution in [3.05, 3.63) is 107 Å². The number of nitrogens with one attached hydrogen (secondary N) is 6. The van der Waals surface area contributed by atoms with E-state index >= 15 is 0 Å². The zero-order chi connectivity index (χ0) is 33.0. The molecule has 0 aliphatic carbocycles. The molecule has 2 unspecified atom stereocenters. The number of amidine groups is 4. The fraction of sp³-hybridized carbons (Fsp3) is 0.333. The van der Waals surface area contributed by atoms with Crippen LogP contribution in [0.5, 0.6) is 0 Å². The van der Waals surface area contributed by atoms with Crippen molar-refractivity contribution in [2.24, 2.45) is 20.0 Å². The highest BCUT2D eigenvalue weighted by atomic mass is 15.2. The van der Waals surface area contributed by atoms with Crippen LogP contribution in [0.2, 0.25) is 0 Å². The highest BCUT2D eigenvalue weighted by Crippen LogP contribution is 2.43. The Labute approximate surface area is 287 Å². The molecule has 3 aromatic rings. The molecule has 6 N–H and O–H groups in total. The molecule has 0 saturated heterocycles. The van der Waals surface area contributed by atoms with E-state index in [0.29, 0.717) is 0 Å². The van der Waals surface area contributed by atoms with Crippen LogP contribution < -0.4 is 31.9 Å². The molecular formula is C39H42N10. The van der Waals surface area contributed by atoms with E-state index in [2.05, 4.69) is 125 Å². The number of fused-ring (bicyclic) bond motifs is 2. The topological polar surface area (TPSA) is 122 Å². The van der Waals surface area contributed by atoms with Crippen LogP contribution in [0.15, 0.2) is 98.9 Å². The number of aliphatic imine (C=N–C) groups is 4. The molecule has 49 heavy (non-hydrogen) atoms. The molecule has 0 amide bonds. The highest BCUT2D eigenvalue weighted by Gasteiger charge is 2.39. The van der Waals surface area contributed by atoms with Gasteiger partial charge < -0.3 is 31.9 Å². The van der Waals surface area contributed by atoms with E-state index in [1.807, 2.05) is 0 Å². The highest BCUT2D eigenvalue weighted by molar-refractivity contribution is 6.27. The standard InChI is InChI=1S/C39H42N10/c1-38(36-44-16-17-45-36)22-29(34-40-12-13-41-34)27-20-25(8-10-31(27)48-38)33(24-6-4-3-5-7-24)26-9-11-32-28(21-26)30(35-42-14-15-43-35)23-39(2,49-32)37-46-18-19-47-37/h3-11,20-23,33,48-49H,12-19H2,1-2H3,(H,40,41)(H,42,43)(H,44,45)(H,46,47). The molecule has 248 valence electrons. The van der Waals surface area contributed by atoms with Gasteiger partial charge in [0, 0.05) is 65.7 Å². The Morgan fingerprint density at radius 3 is 1.43 bits per heavy atom. The van der Waals surface area contributed by atoms with E-state index in [0.717, 1.165) is 109 Å².